The van der Waals surface area contributed by atoms with E-state index in [-0.39, 0.29) is 12.0 Å². The molecule has 9 heteroatoms. The van der Waals surface area contributed by atoms with Gasteiger partial charge in [-0.1, -0.05) is 20.8 Å². The predicted octanol–water partition coefficient (Wildman–Crippen LogP) is 1.09. The average molecular weight is 314 g/mol. The van der Waals surface area contributed by atoms with E-state index in [1.165, 1.54) is 0 Å². The Hall–Kier alpha value is -1.90. The van der Waals surface area contributed by atoms with Crippen LogP contribution in [0.5, 0.6) is 5.88 Å². The van der Waals surface area contributed by atoms with Crippen molar-refractivity contribution in [2.75, 3.05) is 6.61 Å². The summed E-state index contributed by atoms with van der Waals surface area (Å²) in [6, 6.07) is 0. The number of nitrogens with zero attached hydrogens (tertiary/aromatic N) is 3. The van der Waals surface area contributed by atoms with Gasteiger partial charge in [-0.25, -0.2) is 14.6 Å². The average Bonchev–Trinajstić information content (AvgIpc) is 2.92. The van der Waals surface area contributed by atoms with Gasteiger partial charge in [0.1, 0.15) is 17.8 Å². The van der Waals surface area contributed by atoms with Gasteiger partial charge < -0.3 is 9.26 Å². The van der Waals surface area contributed by atoms with Crippen LogP contribution < -0.4 is 16.2 Å². The summed E-state index contributed by atoms with van der Waals surface area (Å²) in [5.74, 6) is -0.356. The number of hydrogen-bond donors (Lipinski definition) is 1. The van der Waals surface area contributed by atoms with Crippen molar-refractivity contribution >= 4 is 11.7 Å². The Morgan fingerprint density at radius 1 is 1.24 bits per heavy atom. The molecule has 8 nitrogen and oxygen atoms in total. The third-order valence-electron chi connectivity index (χ3n) is 2.85. The molecule has 2 aromatic heterocycles. The highest BCUT2D eigenvalue weighted by atomic mass is 32.1. The molecule has 0 unspecified atom stereocenters. The second-order valence-electron chi connectivity index (χ2n) is 6.37. The van der Waals surface area contributed by atoms with Crippen molar-refractivity contribution in [3.8, 4) is 5.88 Å². The van der Waals surface area contributed by atoms with Gasteiger partial charge in [0.05, 0.1) is 11.7 Å². The normalized spacial score (nSPS) is 12.6. The van der Waals surface area contributed by atoms with Crippen molar-refractivity contribution in [2.24, 2.45) is 0 Å². The lowest BCUT2D eigenvalue weighted by atomic mass is 9.92. The van der Waals surface area contributed by atoms with E-state index in [0.717, 1.165) is 22.2 Å². The number of H-pyrrole nitrogens is 1. The van der Waals surface area contributed by atoms with E-state index in [1.54, 1.807) is 13.8 Å². The maximum atomic E-state index is 11.6. The van der Waals surface area contributed by atoms with Crippen LogP contribution in [0.1, 0.15) is 40.3 Å². The first-order chi connectivity index (χ1) is 9.61. The summed E-state index contributed by atoms with van der Waals surface area (Å²) in [4.78, 5) is 24.7. The van der Waals surface area contributed by atoms with Gasteiger partial charge in [-0.3, -0.25) is 0 Å². The standard InChI is InChI=1S/C12H18N4O4S/c1-11(2,3)7-8(15-21-14-7)19-6-12(4,5)16-9(17)13-10(18)20-16/h6H2,1-5H3,(H,13,17,18). The maximum Gasteiger partial charge on any atom is 0.440 e. The van der Waals surface area contributed by atoms with E-state index in [9.17, 15) is 9.59 Å². The zero-order valence-electron chi connectivity index (χ0n) is 12.6. The quantitative estimate of drug-likeness (QED) is 0.906. The molecule has 0 aliphatic carbocycles. The number of aromatic amines is 1. The third kappa shape index (κ3) is 3.23. The van der Waals surface area contributed by atoms with Gasteiger partial charge in [-0.2, -0.15) is 4.37 Å². The topological polar surface area (TPSA) is 103 Å². The number of rotatable bonds is 4. The van der Waals surface area contributed by atoms with Crippen LogP contribution in [-0.4, -0.2) is 25.1 Å². The summed E-state index contributed by atoms with van der Waals surface area (Å²) in [5.41, 5.74) is -0.883. The highest BCUT2D eigenvalue weighted by Crippen LogP contribution is 2.29. The lowest BCUT2D eigenvalue weighted by Gasteiger charge is -2.23. The first-order valence-corrected chi connectivity index (χ1v) is 7.13. The Kier molecular flexibility index (Phi) is 3.79. The highest BCUT2D eigenvalue weighted by Gasteiger charge is 2.29. The maximum absolute atomic E-state index is 11.6. The van der Waals surface area contributed by atoms with Crippen molar-refractivity contribution in [1.29, 1.82) is 0 Å². The summed E-state index contributed by atoms with van der Waals surface area (Å²) in [6.45, 7) is 9.60. The molecular weight excluding hydrogens is 296 g/mol. The molecule has 1 N–H and O–H groups in total. The number of nitrogens with one attached hydrogen (secondary N) is 1. The molecule has 0 spiro atoms. The molecule has 0 atom stereocenters. The van der Waals surface area contributed by atoms with E-state index < -0.39 is 17.0 Å². The van der Waals surface area contributed by atoms with E-state index in [4.69, 9.17) is 9.26 Å². The van der Waals surface area contributed by atoms with Gasteiger partial charge in [0.25, 0.3) is 0 Å². The Bertz CT molecular complexity index is 731. The van der Waals surface area contributed by atoms with Crippen LogP contribution in [0.3, 0.4) is 0 Å². The molecular formula is C12H18N4O4S. The van der Waals surface area contributed by atoms with E-state index in [2.05, 4.69) is 8.75 Å². The predicted molar refractivity (Wildman–Crippen MR) is 77.0 cm³/mol. The van der Waals surface area contributed by atoms with E-state index >= 15 is 0 Å². The summed E-state index contributed by atoms with van der Waals surface area (Å²) < 4.78 is 19.8. The van der Waals surface area contributed by atoms with Gasteiger partial charge in [-0.15, -0.1) is 9.11 Å². The molecule has 21 heavy (non-hydrogen) atoms. The fraction of sp³-hybridized carbons (Fsp3) is 0.667. The van der Waals surface area contributed by atoms with Gasteiger partial charge in [0.15, 0.2) is 0 Å². The largest absolute Gasteiger partial charge is 0.473 e. The van der Waals surface area contributed by atoms with Crippen molar-refractivity contribution in [3.05, 3.63) is 26.7 Å². The molecule has 2 heterocycles. The zero-order chi connectivity index (χ0) is 15.8. The van der Waals surface area contributed by atoms with Crippen molar-refractivity contribution in [1.82, 2.24) is 18.5 Å². The second-order valence-corrected chi connectivity index (χ2v) is 6.90. The van der Waals surface area contributed by atoms with E-state index in [1.807, 2.05) is 25.8 Å². The molecule has 0 saturated carbocycles. The molecule has 0 fully saturated rings. The first-order valence-electron chi connectivity index (χ1n) is 6.40. The van der Waals surface area contributed by atoms with Crippen LogP contribution in [0.4, 0.5) is 0 Å². The first kappa shape index (κ1) is 15.5. The Morgan fingerprint density at radius 2 is 1.90 bits per heavy atom. The Labute approximate surface area is 125 Å². The van der Waals surface area contributed by atoms with Gasteiger partial charge in [0.2, 0.25) is 5.88 Å². The number of ether oxygens (including phenoxy) is 1. The van der Waals surface area contributed by atoms with Crippen LogP contribution in [0.15, 0.2) is 14.1 Å². The van der Waals surface area contributed by atoms with Crippen molar-refractivity contribution < 1.29 is 9.26 Å². The lowest BCUT2D eigenvalue weighted by molar-refractivity contribution is 0.0772. The van der Waals surface area contributed by atoms with E-state index in [0.29, 0.717) is 5.88 Å². The van der Waals surface area contributed by atoms with Crippen LogP contribution in [0.2, 0.25) is 0 Å². The molecule has 0 amide bonds. The molecule has 0 radical (unpaired) electrons. The smallest absolute Gasteiger partial charge is 0.440 e. The summed E-state index contributed by atoms with van der Waals surface area (Å²) in [7, 11) is 0. The minimum atomic E-state index is -0.838. The van der Waals surface area contributed by atoms with Gasteiger partial charge in [-0.05, 0) is 13.8 Å². The number of aromatic nitrogens is 4. The molecule has 0 bridgehead atoms. The van der Waals surface area contributed by atoms with Crippen LogP contribution in [0, 0.1) is 0 Å². The highest BCUT2D eigenvalue weighted by molar-refractivity contribution is 6.99. The zero-order valence-corrected chi connectivity index (χ0v) is 13.4. The molecule has 0 aliphatic rings. The number of hydrogen-bond acceptors (Lipinski definition) is 7. The SMILES string of the molecule is CC(C)(C)c1nsnc1OCC(C)(C)n1oc(=O)[nH]c1=O. The Morgan fingerprint density at radius 3 is 2.43 bits per heavy atom. The summed E-state index contributed by atoms with van der Waals surface area (Å²) in [5, 5.41) is 0. The molecule has 116 valence electrons. The van der Waals surface area contributed by atoms with Gasteiger partial charge >= 0.3 is 11.4 Å². The minimum Gasteiger partial charge on any atom is -0.473 e. The molecule has 0 saturated heterocycles. The van der Waals surface area contributed by atoms with Crippen LogP contribution >= 0.6 is 11.7 Å². The molecule has 0 aliphatic heterocycles. The van der Waals surface area contributed by atoms with Gasteiger partial charge in [0, 0.05) is 5.41 Å². The van der Waals surface area contributed by atoms with Crippen molar-refractivity contribution in [3.63, 3.8) is 0 Å². The Balaban J connectivity index is 2.20. The second kappa shape index (κ2) is 5.14. The molecule has 2 rings (SSSR count). The fourth-order valence-corrected chi connectivity index (χ4v) is 2.41. The minimum absolute atomic E-state index is 0.113. The summed E-state index contributed by atoms with van der Waals surface area (Å²) in [6.07, 6.45) is 0. The molecule has 2 aromatic rings. The summed E-state index contributed by atoms with van der Waals surface area (Å²) >= 11 is 1.07. The van der Waals surface area contributed by atoms with Crippen molar-refractivity contribution in [2.45, 2.75) is 45.6 Å². The third-order valence-corrected chi connectivity index (χ3v) is 3.36. The fourth-order valence-electron chi connectivity index (χ4n) is 1.72. The van der Waals surface area contributed by atoms with Crippen LogP contribution in [0.25, 0.3) is 0 Å². The monoisotopic (exact) mass is 314 g/mol. The molecule has 0 aromatic carbocycles. The lowest BCUT2D eigenvalue weighted by Crippen LogP contribution is -2.39. The van der Waals surface area contributed by atoms with Crippen LogP contribution in [-0.2, 0) is 11.0 Å².